The van der Waals surface area contributed by atoms with Crippen molar-refractivity contribution >= 4 is 26.9 Å². The van der Waals surface area contributed by atoms with Crippen LogP contribution in [0.3, 0.4) is 0 Å². The number of benzene rings is 1. The molecule has 1 atom stereocenters. The first kappa shape index (κ1) is 15.1. The molecule has 0 spiro atoms. The lowest BCUT2D eigenvalue weighted by molar-refractivity contribution is -0.124. The van der Waals surface area contributed by atoms with Gasteiger partial charge in [-0.15, -0.1) is 0 Å². The summed E-state index contributed by atoms with van der Waals surface area (Å²) in [6.45, 7) is 0.656. The molecule has 1 saturated heterocycles. The maximum absolute atomic E-state index is 12.2. The minimum absolute atomic E-state index is 0.252. The molecule has 0 saturated carbocycles. The number of nitrogens with zero attached hydrogens (tertiary/aromatic N) is 1. The van der Waals surface area contributed by atoms with Crippen LogP contribution in [0, 0.1) is 0 Å². The van der Waals surface area contributed by atoms with Crippen molar-refractivity contribution in [1.29, 1.82) is 0 Å². The van der Waals surface area contributed by atoms with E-state index in [1.165, 1.54) is 4.31 Å². The molecule has 3 rings (SSSR count). The zero-order chi connectivity index (χ0) is 15.7. The van der Waals surface area contributed by atoms with Gasteiger partial charge in [-0.3, -0.25) is 4.79 Å². The standard InChI is InChI=1S/C15H18N2O4S/c1-22(19,20)17-8-4-6-13(17)15(18)16-10-12-9-11-5-2-3-7-14(11)21-12/h2-3,5,7,9,13H,4,6,8,10H2,1H3,(H,16,18)/t13-/m1/s1. The number of fused-ring (bicyclic) bond motifs is 1. The summed E-state index contributed by atoms with van der Waals surface area (Å²) in [7, 11) is -3.35. The Hall–Kier alpha value is -1.86. The number of hydrogen-bond donors (Lipinski definition) is 1. The van der Waals surface area contributed by atoms with E-state index in [1.807, 2.05) is 30.3 Å². The molecule has 2 aromatic rings. The number of rotatable bonds is 4. The Labute approximate surface area is 129 Å². The maximum atomic E-state index is 12.2. The first-order chi connectivity index (χ1) is 10.4. The van der Waals surface area contributed by atoms with Gasteiger partial charge in [-0.2, -0.15) is 4.31 Å². The van der Waals surface area contributed by atoms with Crippen LogP contribution in [0.25, 0.3) is 11.0 Å². The van der Waals surface area contributed by atoms with Gasteiger partial charge in [0, 0.05) is 11.9 Å². The maximum Gasteiger partial charge on any atom is 0.238 e. The van der Waals surface area contributed by atoms with E-state index in [0.29, 0.717) is 25.1 Å². The highest BCUT2D eigenvalue weighted by Gasteiger charge is 2.36. The summed E-state index contributed by atoms with van der Waals surface area (Å²) >= 11 is 0. The lowest BCUT2D eigenvalue weighted by atomic mass is 10.2. The zero-order valence-electron chi connectivity index (χ0n) is 12.3. The van der Waals surface area contributed by atoms with E-state index in [4.69, 9.17) is 4.42 Å². The Morgan fingerprint density at radius 1 is 1.41 bits per heavy atom. The number of hydrogen-bond acceptors (Lipinski definition) is 4. The van der Waals surface area contributed by atoms with E-state index in [2.05, 4.69) is 5.32 Å². The van der Waals surface area contributed by atoms with Gasteiger partial charge in [0.2, 0.25) is 15.9 Å². The lowest BCUT2D eigenvalue weighted by Crippen LogP contribution is -2.45. The van der Waals surface area contributed by atoms with Crippen molar-refractivity contribution < 1.29 is 17.6 Å². The number of carbonyl (C=O) groups excluding carboxylic acids is 1. The lowest BCUT2D eigenvalue weighted by Gasteiger charge is -2.21. The summed E-state index contributed by atoms with van der Waals surface area (Å²) in [5.41, 5.74) is 0.769. The first-order valence-electron chi connectivity index (χ1n) is 7.17. The average molecular weight is 322 g/mol. The van der Waals surface area contributed by atoms with Gasteiger partial charge in [0.1, 0.15) is 17.4 Å². The average Bonchev–Trinajstić information content (AvgIpc) is 3.10. The summed E-state index contributed by atoms with van der Waals surface area (Å²) in [6, 6.07) is 8.87. The zero-order valence-corrected chi connectivity index (χ0v) is 13.1. The van der Waals surface area contributed by atoms with Gasteiger partial charge in [0.05, 0.1) is 12.8 Å². The van der Waals surface area contributed by atoms with Crippen molar-refractivity contribution in [1.82, 2.24) is 9.62 Å². The topological polar surface area (TPSA) is 79.6 Å². The second-order valence-electron chi connectivity index (χ2n) is 5.50. The molecule has 22 heavy (non-hydrogen) atoms. The van der Waals surface area contributed by atoms with Crippen molar-refractivity contribution in [2.24, 2.45) is 0 Å². The van der Waals surface area contributed by atoms with Gasteiger partial charge in [-0.1, -0.05) is 18.2 Å². The van der Waals surface area contributed by atoms with Crippen molar-refractivity contribution in [3.05, 3.63) is 36.1 Å². The van der Waals surface area contributed by atoms with E-state index in [9.17, 15) is 13.2 Å². The molecule has 1 aromatic carbocycles. The van der Waals surface area contributed by atoms with E-state index in [1.54, 1.807) is 0 Å². The Kier molecular flexibility index (Phi) is 3.92. The summed E-state index contributed by atoms with van der Waals surface area (Å²) in [4.78, 5) is 12.2. The summed E-state index contributed by atoms with van der Waals surface area (Å²) in [5, 5.41) is 3.74. The summed E-state index contributed by atoms with van der Waals surface area (Å²) in [6.07, 6.45) is 2.40. The smallest absolute Gasteiger partial charge is 0.238 e. The normalized spacial score (nSPS) is 19.6. The molecule has 7 heteroatoms. The van der Waals surface area contributed by atoms with Crippen molar-refractivity contribution in [3.8, 4) is 0 Å². The van der Waals surface area contributed by atoms with Crippen LogP contribution in [0.1, 0.15) is 18.6 Å². The number of amides is 1. The van der Waals surface area contributed by atoms with Gasteiger partial charge in [-0.05, 0) is 25.0 Å². The highest BCUT2D eigenvalue weighted by atomic mass is 32.2. The third-order valence-electron chi connectivity index (χ3n) is 3.85. The molecule has 2 heterocycles. The molecule has 118 valence electrons. The molecule has 0 radical (unpaired) electrons. The molecule has 1 aliphatic heterocycles. The fourth-order valence-corrected chi connectivity index (χ4v) is 3.94. The number of sulfonamides is 1. The van der Waals surface area contributed by atoms with Crippen molar-refractivity contribution in [2.45, 2.75) is 25.4 Å². The number of para-hydroxylation sites is 1. The second kappa shape index (κ2) is 5.73. The van der Waals surface area contributed by atoms with Crippen LogP contribution in [0.15, 0.2) is 34.7 Å². The number of carbonyl (C=O) groups is 1. The third kappa shape index (κ3) is 3.00. The van der Waals surface area contributed by atoms with E-state index in [0.717, 1.165) is 17.2 Å². The fourth-order valence-electron chi connectivity index (χ4n) is 2.82. The Morgan fingerprint density at radius 2 is 2.18 bits per heavy atom. The molecular weight excluding hydrogens is 304 g/mol. The Balaban J connectivity index is 1.67. The summed E-state index contributed by atoms with van der Waals surface area (Å²) in [5.74, 6) is 0.377. The number of furan rings is 1. The van der Waals surface area contributed by atoms with Crippen LogP contribution in [-0.4, -0.2) is 37.5 Å². The Bertz CT molecular complexity index is 764. The van der Waals surface area contributed by atoms with Crippen LogP contribution in [-0.2, 0) is 21.4 Å². The van der Waals surface area contributed by atoms with E-state index < -0.39 is 16.1 Å². The molecular formula is C15H18N2O4S. The molecule has 1 N–H and O–H groups in total. The highest BCUT2D eigenvalue weighted by Crippen LogP contribution is 2.21. The minimum atomic E-state index is -3.35. The van der Waals surface area contributed by atoms with Crippen LogP contribution in [0.2, 0.25) is 0 Å². The van der Waals surface area contributed by atoms with Crippen molar-refractivity contribution in [3.63, 3.8) is 0 Å². The highest BCUT2D eigenvalue weighted by molar-refractivity contribution is 7.88. The summed E-state index contributed by atoms with van der Waals surface area (Å²) < 4.78 is 30.2. The number of nitrogens with one attached hydrogen (secondary N) is 1. The van der Waals surface area contributed by atoms with Gasteiger partial charge in [0.25, 0.3) is 0 Å². The third-order valence-corrected chi connectivity index (χ3v) is 5.13. The van der Waals surface area contributed by atoms with Gasteiger partial charge in [-0.25, -0.2) is 8.42 Å². The molecule has 0 bridgehead atoms. The molecule has 6 nitrogen and oxygen atoms in total. The van der Waals surface area contributed by atoms with E-state index in [-0.39, 0.29) is 12.5 Å². The van der Waals surface area contributed by atoms with Gasteiger partial charge >= 0.3 is 0 Å². The molecule has 1 aromatic heterocycles. The SMILES string of the molecule is CS(=O)(=O)N1CCC[C@@H]1C(=O)NCc1cc2ccccc2o1. The van der Waals surface area contributed by atoms with Crippen LogP contribution in [0.5, 0.6) is 0 Å². The van der Waals surface area contributed by atoms with Gasteiger partial charge < -0.3 is 9.73 Å². The molecule has 1 fully saturated rings. The minimum Gasteiger partial charge on any atom is -0.459 e. The van der Waals surface area contributed by atoms with Crippen LogP contribution >= 0.6 is 0 Å². The predicted octanol–water partition coefficient (Wildman–Crippen LogP) is 1.47. The molecule has 1 amide bonds. The molecule has 1 aliphatic rings. The van der Waals surface area contributed by atoms with Crippen LogP contribution < -0.4 is 5.32 Å². The first-order valence-corrected chi connectivity index (χ1v) is 9.02. The van der Waals surface area contributed by atoms with Crippen molar-refractivity contribution in [2.75, 3.05) is 12.8 Å². The quantitative estimate of drug-likeness (QED) is 0.924. The largest absolute Gasteiger partial charge is 0.459 e. The second-order valence-corrected chi connectivity index (χ2v) is 7.44. The fraction of sp³-hybridized carbons (Fsp3) is 0.400. The monoisotopic (exact) mass is 322 g/mol. The van der Waals surface area contributed by atoms with Gasteiger partial charge in [0.15, 0.2) is 0 Å². The molecule has 0 unspecified atom stereocenters. The molecule has 0 aliphatic carbocycles. The Morgan fingerprint density at radius 3 is 2.91 bits per heavy atom. The van der Waals surface area contributed by atoms with Crippen LogP contribution in [0.4, 0.5) is 0 Å². The van der Waals surface area contributed by atoms with E-state index >= 15 is 0 Å². The predicted molar refractivity (Wildman–Crippen MR) is 82.6 cm³/mol.